The molecule has 6 nitrogen and oxygen atoms in total. The van der Waals surface area contributed by atoms with Crippen LogP contribution in [0.25, 0.3) is 11.0 Å². The molecule has 1 aliphatic carbocycles. The second-order valence-corrected chi connectivity index (χ2v) is 9.83. The predicted octanol–water partition coefficient (Wildman–Crippen LogP) is 5.48. The van der Waals surface area contributed by atoms with Crippen LogP contribution in [0.1, 0.15) is 43.4 Å². The van der Waals surface area contributed by atoms with Gasteiger partial charge in [-0.3, -0.25) is 0 Å². The van der Waals surface area contributed by atoms with Gasteiger partial charge >= 0.3 is 0 Å². The molecule has 1 saturated heterocycles. The number of ether oxygens (including phenoxy) is 1. The molecule has 1 aliphatic heterocycles. The van der Waals surface area contributed by atoms with Gasteiger partial charge in [0.1, 0.15) is 11.6 Å². The molecule has 184 valence electrons. The van der Waals surface area contributed by atoms with Crippen molar-refractivity contribution < 1.29 is 13.7 Å². The Morgan fingerprint density at radius 2 is 1.88 bits per heavy atom. The lowest BCUT2D eigenvalue weighted by Gasteiger charge is -2.32. The topological polar surface area (TPSA) is 54.6 Å². The maximum absolute atomic E-state index is 13.4. The Kier molecular flexibility index (Phi) is 7.94. The van der Waals surface area contributed by atoms with Gasteiger partial charge in [0.2, 0.25) is 5.95 Å². The molecule has 3 aromatic rings. The largest absolute Gasteiger partial charge is 0.493 e. The van der Waals surface area contributed by atoms with Crippen molar-refractivity contribution in [2.75, 3.05) is 38.7 Å². The Balaban J connectivity index is 0.00000274. The van der Waals surface area contributed by atoms with E-state index in [4.69, 9.17) is 9.26 Å². The minimum atomic E-state index is -0.415. The summed E-state index contributed by atoms with van der Waals surface area (Å²) in [6, 6.07) is 9.21. The molecule has 3 heterocycles. The molecule has 0 bridgehead atoms. The Morgan fingerprint density at radius 1 is 1.09 bits per heavy atom. The van der Waals surface area contributed by atoms with Crippen molar-refractivity contribution in [1.82, 2.24) is 15.0 Å². The van der Waals surface area contributed by atoms with Gasteiger partial charge < -0.3 is 19.1 Å². The van der Waals surface area contributed by atoms with E-state index in [1.165, 1.54) is 18.9 Å². The molecule has 8 heteroatoms. The van der Waals surface area contributed by atoms with Crippen molar-refractivity contribution in [2.24, 2.45) is 11.8 Å². The number of hydrogen-bond acceptors (Lipinski definition) is 6. The summed E-state index contributed by atoms with van der Waals surface area (Å²) >= 11 is 0. The number of aryl methyl sites for hydroxylation is 1. The van der Waals surface area contributed by atoms with Crippen molar-refractivity contribution >= 4 is 29.2 Å². The molecule has 2 aliphatic rings. The fourth-order valence-electron chi connectivity index (χ4n) is 4.73. The van der Waals surface area contributed by atoms with Crippen LogP contribution in [-0.2, 0) is 13.0 Å². The highest BCUT2D eigenvalue weighted by atomic mass is 35.5. The van der Waals surface area contributed by atoms with Crippen LogP contribution in [0.2, 0.25) is 0 Å². The van der Waals surface area contributed by atoms with E-state index >= 15 is 0 Å². The maximum Gasteiger partial charge on any atom is 0.214 e. The van der Waals surface area contributed by atoms with E-state index in [2.05, 4.69) is 46.2 Å². The molecule has 0 unspecified atom stereocenters. The first-order valence-corrected chi connectivity index (χ1v) is 12.1. The Bertz CT molecular complexity index is 1090. The molecular formula is C26H34ClFN4O2. The summed E-state index contributed by atoms with van der Waals surface area (Å²) in [6.07, 6.45) is 6.69. The molecule has 1 aromatic carbocycles. The van der Waals surface area contributed by atoms with E-state index in [-0.39, 0.29) is 12.4 Å². The van der Waals surface area contributed by atoms with E-state index in [0.717, 1.165) is 85.7 Å². The third-order valence-corrected chi connectivity index (χ3v) is 6.85. The second kappa shape index (κ2) is 10.9. The smallest absolute Gasteiger partial charge is 0.214 e. The van der Waals surface area contributed by atoms with Gasteiger partial charge in [0.15, 0.2) is 5.58 Å². The Hall–Kier alpha value is -2.38. The van der Waals surface area contributed by atoms with Crippen LogP contribution in [-0.4, -0.2) is 48.8 Å². The zero-order valence-electron chi connectivity index (χ0n) is 20.0. The summed E-state index contributed by atoms with van der Waals surface area (Å²) in [4.78, 5) is 8.35. The zero-order valence-corrected chi connectivity index (χ0v) is 20.8. The average molecular weight is 489 g/mol. The summed E-state index contributed by atoms with van der Waals surface area (Å²) in [5.74, 6) is 2.58. The monoisotopic (exact) mass is 488 g/mol. The summed E-state index contributed by atoms with van der Waals surface area (Å²) in [7, 11) is 4.12. The number of pyridine rings is 1. The lowest BCUT2D eigenvalue weighted by atomic mass is 9.91. The molecule has 2 fully saturated rings. The van der Waals surface area contributed by atoms with Gasteiger partial charge in [0, 0.05) is 25.0 Å². The van der Waals surface area contributed by atoms with E-state index < -0.39 is 5.95 Å². The van der Waals surface area contributed by atoms with Crippen LogP contribution in [0.4, 0.5) is 10.2 Å². The molecule has 2 aromatic heterocycles. The molecule has 0 radical (unpaired) electrons. The zero-order chi connectivity index (χ0) is 22.8. The van der Waals surface area contributed by atoms with Crippen LogP contribution in [0.3, 0.4) is 0 Å². The minimum Gasteiger partial charge on any atom is -0.493 e. The SMILES string of the molecule is CN(C)Cc1c(OCC2CC2)ccc2c(CCC3CCN(c4cccc(F)n4)CC3)noc12.Cl. The quantitative estimate of drug-likeness (QED) is 0.371. The van der Waals surface area contributed by atoms with Crippen LogP contribution < -0.4 is 9.64 Å². The maximum atomic E-state index is 13.4. The van der Waals surface area contributed by atoms with Crippen molar-refractivity contribution in [1.29, 1.82) is 0 Å². The van der Waals surface area contributed by atoms with Crippen molar-refractivity contribution in [3.05, 3.63) is 47.5 Å². The second-order valence-electron chi connectivity index (χ2n) is 9.83. The van der Waals surface area contributed by atoms with Gasteiger partial charge in [-0.2, -0.15) is 4.39 Å². The Labute approximate surface area is 206 Å². The molecule has 0 N–H and O–H groups in total. The Morgan fingerprint density at radius 3 is 2.59 bits per heavy atom. The number of piperidine rings is 1. The number of benzene rings is 1. The van der Waals surface area contributed by atoms with Crippen LogP contribution in [0, 0.1) is 17.8 Å². The van der Waals surface area contributed by atoms with Crippen molar-refractivity contribution in [2.45, 2.75) is 45.1 Å². The highest BCUT2D eigenvalue weighted by Gasteiger charge is 2.25. The fraction of sp³-hybridized carbons (Fsp3) is 0.538. The van der Waals surface area contributed by atoms with Crippen LogP contribution in [0.15, 0.2) is 34.9 Å². The first-order valence-electron chi connectivity index (χ1n) is 12.1. The number of halogens is 2. The third-order valence-electron chi connectivity index (χ3n) is 6.85. The molecule has 0 amide bonds. The van der Waals surface area contributed by atoms with Gasteiger partial charge in [-0.05, 0) is 88.7 Å². The van der Waals surface area contributed by atoms with Gasteiger partial charge in [0.25, 0.3) is 0 Å². The third kappa shape index (κ3) is 5.81. The van der Waals surface area contributed by atoms with Gasteiger partial charge in [0.05, 0.1) is 17.9 Å². The summed E-state index contributed by atoms with van der Waals surface area (Å²) in [5.41, 5.74) is 2.99. The predicted molar refractivity (Wildman–Crippen MR) is 134 cm³/mol. The molecule has 0 spiro atoms. The lowest BCUT2D eigenvalue weighted by Crippen LogP contribution is -2.34. The first-order chi connectivity index (χ1) is 16.1. The normalized spacial score (nSPS) is 16.8. The van der Waals surface area contributed by atoms with E-state index in [0.29, 0.717) is 11.8 Å². The van der Waals surface area contributed by atoms with E-state index in [1.54, 1.807) is 6.07 Å². The number of anilines is 1. The average Bonchev–Trinajstić information content (AvgIpc) is 3.55. The molecule has 5 rings (SSSR count). The van der Waals surface area contributed by atoms with Crippen molar-refractivity contribution in [3.63, 3.8) is 0 Å². The van der Waals surface area contributed by atoms with Crippen LogP contribution >= 0.6 is 12.4 Å². The highest BCUT2D eigenvalue weighted by molar-refractivity contribution is 5.85. The van der Waals surface area contributed by atoms with E-state index in [1.807, 2.05) is 6.07 Å². The summed E-state index contributed by atoms with van der Waals surface area (Å²) in [6.45, 7) is 3.38. The number of nitrogens with zero attached hydrogens (tertiary/aromatic N) is 4. The fourth-order valence-corrected chi connectivity index (χ4v) is 4.73. The van der Waals surface area contributed by atoms with Crippen LogP contribution in [0.5, 0.6) is 5.75 Å². The van der Waals surface area contributed by atoms with Gasteiger partial charge in [-0.15, -0.1) is 12.4 Å². The molecular weight excluding hydrogens is 455 g/mol. The molecule has 1 saturated carbocycles. The molecule has 0 atom stereocenters. The number of fused-ring (bicyclic) bond motifs is 1. The molecule has 34 heavy (non-hydrogen) atoms. The summed E-state index contributed by atoms with van der Waals surface area (Å²) in [5, 5.41) is 5.56. The van der Waals surface area contributed by atoms with Gasteiger partial charge in [-0.25, -0.2) is 4.98 Å². The number of hydrogen-bond donors (Lipinski definition) is 0. The van der Waals surface area contributed by atoms with E-state index in [9.17, 15) is 4.39 Å². The first kappa shape index (κ1) is 24.7. The van der Waals surface area contributed by atoms with Crippen molar-refractivity contribution in [3.8, 4) is 5.75 Å². The lowest BCUT2D eigenvalue weighted by molar-refractivity contribution is 0.289. The summed E-state index contributed by atoms with van der Waals surface area (Å²) < 4.78 is 25.4. The number of aromatic nitrogens is 2. The number of rotatable bonds is 9. The standard InChI is InChI=1S/C26H33FN4O2.ClH/c1-30(2)16-21-23(32-17-19-6-7-19)11-9-20-22(29-33-26(20)21)10-8-18-12-14-31(15-13-18)25-5-3-4-24(27)28-25;/h3-5,9,11,18-19H,6-8,10,12-17H2,1-2H3;1H. The highest BCUT2D eigenvalue weighted by Crippen LogP contribution is 2.35. The van der Waals surface area contributed by atoms with Gasteiger partial charge in [-0.1, -0.05) is 11.2 Å². The minimum absolute atomic E-state index is 0.